The number of oxazole rings is 1. The van der Waals surface area contributed by atoms with Crippen LogP contribution in [0.4, 0.5) is 13.2 Å². The minimum atomic E-state index is -4.84. The van der Waals surface area contributed by atoms with Gasteiger partial charge in [0, 0.05) is 28.1 Å². The standard InChI is InChI=1S/C20H13Cl2F3N2O4/c1-9-26-16-13(3-4-14(17(16)30-9)18(28)29-2)15-8-19(31-27-15,20(23,24)25)10-5-11(21)7-12(22)6-10/h3-7H,8H2,1-2H3. The summed E-state index contributed by atoms with van der Waals surface area (Å²) in [5, 5.41) is 3.78. The van der Waals surface area contributed by atoms with Gasteiger partial charge in [-0.25, -0.2) is 9.78 Å². The first kappa shape index (κ1) is 21.5. The van der Waals surface area contributed by atoms with E-state index >= 15 is 0 Å². The number of methoxy groups -OCH3 is 1. The third-order valence-electron chi connectivity index (χ3n) is 4.88. The number of hydrogen-bond acceptors (Lipinski definition) is 6. The third kappa shape index (κ3) is 3.51. The number of nitrogens with zero attached hydrogens (tertiary/aromatic N) is 2. The van der Waals surface area contributed by atoms with Gasteiger partial charge < -0.3 is 14.0 Å². The Morgan fingerprint density at radius 2 is 1.87 bits per heavy atom. The zero-order valence-electron chi connectivity index (χ0n) is 16.0. The van der Waals surface area contributed by atoms with E-state index in [4.69, 9.17) is 37.2 Å². The SMILES string of the molecule is COC(=O)c1ccc(C2=NOC(c3cc(Cl)cc(Cl)c3)(C(F)(F)F)C2)c2nc(C)oc12. The van der Waals surface area contributed by atoms with Crippen molar-refractivity contribution in [1.29, 1.82) is 0 Å². The predicted octanol–water partition coefficient (Wildman–Crippen LogP) is 5.81. The summed E-state index contributed by atoms with van der Waals surface area (Å²) >= 11 is 11.8. The smallest absolute Gasteiger partial charge is 0.435 e. The van der Waals surface area contributed by atoms with Crippen LogP contribution in [0.25, 0.3) is 11.1 Å². The molecule has 2 heterocycles. The lowest BCUT2D eigenvalue weighted by molar-refractivity contribution is -0.275. The van der Waals surface area contributed by atoms with E-state index in [9.17, 15) is 18.0 Å². The Kier molecular flexibility index (Phi) is 5.13. The van der Waals surface area contributed by atoms with E-state index in [1.165, 1.54) is 25.3 Å². The van der Waals surface area contributed by atoms with Crippen LogP contribution in [0.5, 0.6) is 0 Å². The lowest BCUT2D eigenvalue weighted by Gasteiger charge is -2.29. The van der Waals surface area contributed by atoms with Crippen molar-refractivity contribution in [1.82, 2.24) is 4.98 Å². The van der Waals surface area contributed by atoms with E-state index < -0.39 is 24.2 Å². The monoisotopic (exact) mass is 472 g/mol. The number of alkyl halides is 3. The first-order chi connectivity index (χ1) is 14.6. The maximum absolute atomic E-state index is 14.2. The topological polar surface area (TPSA) is 73.9 Å². The van der Waals surface area contributed by atoms with Gasteiger partial charge in [0.2, 0.25) is 0 Å². The highest BCUT2D eigenvalue weighted by Gasteiger charge is 2.62. The number of carbonyl (C=O) groups is 1. The largest absolute Gasteiger partial charge is 0.465 e. The second-order valence-corrected chi connectivity index (χ2v) is 7.72. The van der Waals surface area contributed by atoms with Crippen molar-refractivity contribution in [2.24, 2.45) is 5.16 Å². The van der Waals surface area contributed by atoms with Gasteiger partial charge in [0.15, 0.2) is 11.5 Å². The molecule has 0 radical (unpaired) electrons. The fourth-order valence-electron chi connectivity index (χ4n) is 3.45. The summed E-state index contributed by atoms with van der Waals surface area (Å²) in [6, 6.07) is 6.39. The van der Waals surface area contributed by atoms with Crippen LogP contribution in [0.3, 0.4) is 0 Å². The third-order valence-corrected chi connectivity index (χ3v) is 5.32. The second-order valence-electron chi connectivity index (χ2n) is 6.85. The molecule has 0 bridgehead atoms. The van der Waals surface area contributed by atoms with Crippen LogP contribution in [0.2, 0.25) is 10.0 Å². The minimum absolute atomic E-state index is 0.0249. The molecule has 1 atom stereocenters. The number of carbonyl (C=O) groups excluding carboxylic acids is 1. The number of aryl methyl sites for hydroxylation is 1. The van der Waals surface area contributed by atoms with Gasteiger partial charge in [-0.2, -0.15) is 13.2 Å². The number of benzene rings is 2. The van der Waals surface area contributed by atoms with E-state index in [2.05, 4.69) is 10.1 Å². The van der Waals surface area contributed by atoms with E-state index in [0.717, 1.165) is 12.1 Å². The van der Waals surface area contributed by atoms with Crippen molar-refractivity contribution in [3.63, 3.8) is 0 Å². The van der Waals surface area contributed by atoms with Crippen LogP contribution >= 0.6 is 23.2 Å². The molecule has 1 unspecified atom stereocenters. The Morgan fingerprint density at radius 1 is 1.19 bits per heavy atom. The summed E-state index contributed by atoms with van der Waals surface area (Å²) in [7, 11) is 1.20. The second kappa shape index (κ2) is 7.42. The van der Waals surface area contributed by atoms with Gasteiger partial charge in [0.1, 0.15) is 11.1 Å². The predicted molar refractivity (Wildman–Crippen MR) is 107 cm³/mol. The van der Waals surface area contributed by atoms with Gasteiger partial charge in [-0.3, -0.25) is 0 Å². The summed E-state index contributed by atoms with van der Waals surface area (Å²) < 4.78 is 52.8. The number of ether oxygens (including phenoxy) is 1. The number of oxime groups is 1. The Bertz CT molecular complexity index is 1220. The molecule has 4 rings (SSSR count). The van der Waals surface area contributed by atoms with Crippen molar-refractivity contribution in [3.8, 4) is 0 Å². The Balaban J connectivity index is 1.83. The van der Waals surface area contributed by atoms with Crippen molar-refractivity contribution in [2.45, 2.75) is 25.1 Å². The van der Waals surface area contributed by atoms with Gasteiger partial charge >= 0.3 is 12.1 Å². The molecule has 1 aliphatic rings. The average molecular weight is 473 g/mol. The molecule has 0 saturated carbocycles. The van der Waals surface area contributed by atoms with E-state index in [-0.39, 0.29) is 49.4 Å². The number of rotatable bonds is 3. The molecule has 11 heteroatoms. The first-order valence-electron chi connectivity index (χ1n) is 8.83. The Labute approximate surface area is 183 Å². The maximum Gasteiger partial charge on any atom is 0.435 e. The maximum atomic E-state index is 14.2. The first-order valence-corrected chi connectivity index (χ1v) is 9.58. The number of esters is 1. The molecule has 0 spiro atoms. The summed E-state index contributed by atoms with van der Waals surface area (Å²) in [6.07, 6.45) is -5.50. The molecule has 3 aromatic rings. The van der Waals surface area contributed by atoms with E-state index in [1.807, 2.05) is 0 Å². The number of halogens is 5. The van der Waals surface area contributed by atoms with Crippen molar-refractivity contribution < 1.29 is 32.0 Å². The Morgan fingerprint density at radius 3 is 2.48 bits per heavy atom. The van der Waals surface area contributed by atoms with Crippen molar-refractivity contribution >= 4 is 46.0 Å². The molecular weight excluding hydrogens is 460 g/mol. The fraction of sp³-hybridized carbons (Fsp3) is 0.250. The number of aromatic nitrogens is 1. The lowest BCUT2D eigenvalue weighted by Crippen LogP contribution is -2.42. The fourth-order valence-corrected chi connectivity index (χ4v) is 3.98. The van der Waals surface area contributed by atoms with E-state index in [1.54, 1.807) is 6.92 Å². The molecule has 0 fully saturated rings. The molecule has 1 aromatic heterocycles. The van der Waals surface area contributed by atoms with Crippen molar-refractivity contribution in [2.75, 3.05) is 7.11 Å². The molecule has 1 aliphatic heterocycles. The van der Waals surface area contributed by atoms with Gasteiger partial charge in [-0.15, -0.1) is 0 Å². The molecule has 2 aromatic carbocycles. The van der Waals surface area contributed by atoms with Crippen LogP contribution in [-0.4, -0.2) is 30.0 Å². The zero-order valence-corrected chi connectivity index (χ0v) is 17.5. The highest BCUT2D eigenvalue weighted by Crippen LogP contribution is 2.50. The van der Waals surface area contributed by atoms with Gasteiger partial charge in [0.25, 0.3) is 5.60 Å². The quantitative estimate of drug-likeness (QED) is 0.449. The van der Waals surface area contributed by atoms with Gasteiger partial charge in [-0.05, 0) is 30.3 Å². The molecule has 0 amide bonds. The van der Waals surface area contributed by atoms with Crippen LogP contribution in [0, 0.1) is 6.92 Å². The molecule has 31 heavy (non-hydrogen) atoms. The average Bonchev–Trinajstić information content (AvgIpc) is 3.30. The normalized spacial score (nSPS) is 18.7. The summed E-state index contributed by atoms with van der Waals surface area (Å²) in [6.45, 7) is 1.55. The summed E-state index contributed by atoms with van der Waals surface area (Å²) in [5.41, 5.74) is -2.52. The molecular formula is C20H13Cl2F3N2O4. The molecule has 6 nitrogen and oxygen atoms in total. The van der Waals surface area contributed by atoms with Gasteiger partial charge in [0.05, 0.1) is 19.2 Å². The molecule has 0 N–H and O–H groups in total. The summed E-state index contributed by atoms with van der Waals surface area (Å²) in [5.74, 6) is -0.452. The minimum Gasteiger partial charge on any atom is -0.465 e. The van der Waals surface area contributed by atoms with Crippen molar-refractivity contribution in [3.05, 3.63) is 63.0 Å². The van der Waals surface area contributed by atoms with E-state index in [0.29, 0.717) is 0 Å². The van der Waals surface area contributed by atoms with Crippen LogP contribution in [0.1, 0.15) is 33.8 Å². The van der Waals surface area contributed by atoms with Crippen LogP contribution in [-0.2, 0) is 15.2 Å². The van der Waals surface area contributed by atoms with Crippen LogP contribution < -0.4 is 0 Å². The zero-order chi connectivity index (χ0) is 22.6. The van der Waals surface area contributed by atoms with Gasteiger partial charge in [-0.1, -0.05) is 28.4 Å². The molecule has 162 valence electrons. The van der Waals surface area contributed by atoms with Crippen LogP contribution in [0.15, 0.2) is 39.9 Å². The number of fused-ring (bicyclic) bond motifs is 1. The number of hydrogen-bond donors (Lipinski definition) is 0. The lowest BCUT2D eigenvalue weighted by atomic mass is 9.86. The highest BCUT2D eigenvalue weighted by molar-refractivity contribution is 6.34. The molecule has 0 aliphatic carbocycles. The highest BCUT2D eigenvalue weighted by atomic mass is 35.5. The summed E-state index contributed by atoms with van der Waals surface area (Å²) in [4.78, 5) is 21.2. The Hall–Kier alpha value is -2.78. The molecule has 0 saturated heterocycles.